The summed E-state index contributed by atoms with van der Waals surface area (Å²) in [6.07, 6.45) is -0.994. The lowest BCUT2D eigenvalue weighted by Crippen LogP contribution is -2.38. The van der Waals surface area contributed by atoms with E-state index in [1.54, 1.807) is 31.2 Å². The van der Waals surface area contributed by atoms with E-state index in [4.69, 9.17) is 4.74 Å². The van der Waals surface area contributed by atoms with E-state index < -0.39 is 17.4 Å². The van der Waals surface area contributed by atoms with Crippen molar-refractivity contribution in [2.45, 2.75) is 26.5 Å². The summed E-state index contributed by atoms with van der Waals surface area (Å²) < 4.78 is 9.53. The van der Waals surface area contributed by atoms with Crippen LogP contribution in [0.1, 0.15) is 18.1 Å². The molecular formula is C25H28N6O5. The molecule has 36 heavy (non-hydrogen) atoms. The van der Waals surface area contributed by atoms with Crippen molar-refractivity contribution in [3.05, 3.63) is 80.5 Å². The monoisotopic (exact) mass is 492 g/mol. The van der Waals surface area contributed by atoms with Gasteiger partial charge in [0.2, 0.25) is 5.95 Å². The third kappa shape index (κ3) is 4.86. The zero-order valence-electron chi connectivity index (χ0n) is 20.5. The van der Waals surface area contributed by atoms with Crippen molar-refractivity contribution >= 4 is 22.8 Å². The first-order valence-electron chi connectivity index (χ1n) is 11.3. The zero-order valence-corrected chi connectivity index (χ0v) is 20.5. The van der Waals surface area contributed by atoms with Crippen LogP contribution in [-0.2, 0) is 20.6 Å². The number of para-hydroxylation sites is 1. The average molecular weight is 493 g/mol. The highest BCUT2D eigenvalue weighted by atomic mass is 16.5. The number of phenolic OH excluding ortho intramolecular Hbond substituents is 1. The molecule has 1 atom stereocenters. The summed E-state index contributed by atoms with van der Waals surface area (Å²) in [7, 11) is 2.91. The topological polar surface area (TPSA) is 136 Å². The maximum Gasteiger partial charge on any atom is 0.332 e. The van der Waals surface area contributed by atoms with Gasteiger partial charge in [0, 0.05) is 14.1 Å². The van der Waals surface area contributed by atoms with E-state index in [9.17, 15) is 19.8 Å². The van der Waals surface area contributed by atoms with Crippen molar-refractivity contribution in [1.29, 1.82) is 0 Å². The van der Waals surface area contributed by atoms with E-state index in [-0.39, 0.29) is 36.0 Å². The molecule has 0 aliphatic rings. The van der Waals surface area contributed by atoms with Gasteiger partial charge in [-0.05, 0) is 55.3 Å². The number of rotatable bonds is 8. The molecule has 0 amide bonds. The van der Waals surface area contributed by atoms with Gasteiger partial charge in [-0.2, -0.15) is 10.1 Å². The average Bonchev–Trinajstić information content (AvgIpc) is 3.22. The number of aromatic nitrogens is 4. The number of hydrazone groups is 1. The number of ether oxygens (including phenoxy) is 1. The van der Waals surface area contributed by atoms with Crippen LogP contribution in [0.4, 0.5) is 5.95 Å². The van der Waals surface area contributed by atoms with Crippen LogP contribution in [0.3, 0.4) is 0 Å². The molecule has 0 saturated carbocycles. The van der Waals surface area contributed by atoms with Crippen molar-refractivity contribution in [1.82, 2.24) is 18.7 Å². The number of fused-ring (bicyclic) bond motifs is 1. The Bertz CT molecular complexity index is 1550. The Kier molecular flexibility index (Phi) is 6.93. The lowest BCUT2D eigenvalue weighted by Gasteiger charge is -2.16. The van der Waals surface area contributed by atoms with Gasteiger partial charge in [-0.15, -0.1) is 0 Å². The van der Waals surface area contributed by atoms with Crippen LogP contribution in [0.5, 0.6) is 11.5 Å². The van der Waals surface area contributed by atoms with Crippen molar-refractivity contribution in [3.63, 3.8) is 0 Å². The molecule has 11 heteroatoms. The highest BCUT2D eigenvalue weighted by Crippen LogP contribution is 2.19. The molecule has 0 radical (unpaired) electrons. The van der Waals surface area contributed by atoms with Gasteiger partial charge < -0.3 is 19.5 Å². The quantitative estimate of drug-likeness (QED) is 0.252. The van der Waals surface area contributed by atoms with Crippen LogP contribution >= 0.6 is 0 Å². The van der Waals surface area contributed by atoms with Gasteiger partial charge in [0.15, 0.2) is 11.2 Å². The van der Waals surface area contributed by atoms with E-state index in [2.05, 4.69) is 15.5 Å². The van der Waals surface area contributed by atoms with Crippen molar-refractivity contribution < 1.29 is 14.9 Å². The predicted molar refractivity (Wildman–Crippen MR) is 137 cm³/mol. The number of nitrogens with one attached hydrogen (secondary N) is 1. The molecule has 3 N–H and O–H groups in total. The molecule has 2 heterocycles. The van der Waals surface area contributed by atoms with Crippen LogP contribution in [0.15, 0.2) is 63.2 Å². The number of phenols is 1. The van der Waals surface area contributed by atoms with E-state index >= 15 is 0 Å². The third-order valence-electron chi connectivity index (χ3n) is 5.87. The van der Waals surface area contributed by atoms with Gasteiger partial charge >= 0.3 is 5.69 Å². The molecular weight excluding hydrogens is 464 g/mol. The smallest absolute Gasteiger partial charge is 0.332 e. The summed E-state index contributed by atoms with van der Waals surface area (Å²) >= 11 is 0. The largest absolute Gasteiger partial charge is 0.508 e. The predicted octanol–water partition coefficient (Wildman–Crippen LogP) is 1.72. The van der Waals surface area contributed by atoms with Gasteiger partial charge in [-0.3, -0.25) is 13.9 Å². The number of aliphatic hydroxyl groups is 1. The summed E-state index contributed by atoms with van der Waals surface area (Å²) in [5.74, 6) is 0.967. The number of aromatic hydroxyl groups is 1. The Labute approximate surface area is 206 Å². The molecule has 4 aromatic rings. The molecule has 0 aliphatic heterocycles. The first-order valence-corrected chi connectivity index (χ1v) is 11.3. The van der Waals surface area contributed by atoms with Gasteiger partial charge in [-0.25, -0.2) is 10.2 Å². The summed E-state index contributed by atoms with van der Waals surface area (Å²) in [6.45, 7) is 3.62. The molecule has 0 bridgehead atoms. The fraction of sp³-hybridized carbons (Fsp3) is 0.280. The number of benzene rings is 2. The number of hydrogen-bond acceptors (Lipinski definition) is 8. The molecule has 2 aromatic heterocycles. The van der Waals surface area contributed by atoms with Crippen LogP contribution < -0.4 is 21.4 Å². The molecule has 11 nitrogen and oxygen atoms in total. The minimum absolute atomic E-state index is 0.0220. The van der Waals surface area contributed by atoms with Crippen molar-refractivity contribution in [3.8, 4) is 11.5 Å². The van der Waals surface area contributed by atoms with E-state index in [0.29, 0.717) is 11.5 Å². The number of imidazole rings is 1. The Hall–Kier alpha value is -4.38. The number of nitrogens with zero attached hydrogens (tertiary/aromatic N) is 5. The second kappa shape index (κ2) is 10.1. The number of anilines is 1. The number of aryl methyl sites for hydroxylation is 2. The van der Waals surface area contributed by atoms with Crippen molar-refractivity contribution in [2.75, 3.05) is 12.0 Å². The van der Waals surface area contributed by atoms with Crippen LogP contribution in [0, 0.1) is 6.92 Å². The maximum atomic E-state index is 13.0. The Morgan fingerprint density at radius 2 is 1.81 bits per heavy atom. The van der Waals surface area contributed by atoms with Crippen LogP contribution in [0.2, 0.25) is 0 Å². The fourth-order valence-electron chi connectivity index (χ4n) is 3.78. The normalized spacial score (nSPS) is 12.6. The Morgan fingerprint density at radius 3 is 2.50 bits per heavy atom. The summed E-state index contributed by atoms with van der Waals surface area (Å²) in [4.78, 5) is 29.9. The summed E-state index contributed by atoms with van der Waals surface area (Å²) in [5.41, 5.74) is 4.40. The minimum atomic E-state index is -0.994. The SMILES string of the molecule is C/C(=N/Nc1nc2c(c(=O)n(C)c(=O)n2C)n1CC(O)COc1ccccc1C)c1ccc(O)cc1. The lowest BCUT2D eigenvalue weighted by atomic mass is 10.1. The van der Waals surface area contributed by atoms with Crippen LogP contribution in [-0.4, -0.2) is 47.3 Å². The third-order valence-corrected chi connectivity index (χ3v) is 5.87. The van der Waals surface area contributed by atoms with E-state index in [1.807, 2.05) is 31.2 Å². The van der Waals surface area contributed by atoms with E-state index in [1.165, 1.54) is 23.2 Å². The lowest BCUT2D eigenvalue weighted by molar-refractivity contribution is 0.0935. The summed E-state index contributed by atoms with van der Waals surface area (Å²) in [5, 5.41) is 24.7. The Balaban J connectivity index is 1.69. The van der Waals surface area contributed by atoms with Gasteiger partial charge in [0.25, 0.3) is 5.56 Å². The number of hydrogen-bond donors (Lipinski definition) is 3. The molecule has 2 aromatic carbocycles. The zero-order chi connectivity index (χ0) is 26.0. The molecule has 4 rings (SSSR count). The van der Waals surface area contributed by atoms with Gasteiger partial charge in [-0.1, -0.05) is 18.2 Å². The second-order valence-corrected chi connectivity index (χ2v) is 8.51. The van der Waals surface area contributed by atoms with E-state index in [0.717, 1.165) is 15.7 Å². The Morgan fingerprint density at radius 1 is 1.11 bits per heavy atom. The number of aliphatic hydroxyl groups excluding tert-OH is 1. The van der Waals surface area contributed by atoms with Crippen molar-refractivity contribution in [2.24, 2.45) is 19.2 Å². The minimum Gasteiger partial charge on any atom is -0.508 e. The summed E-state index contributed by atoms with van der Waals surface area (Å²) in [6, 6.07) is 14.0. The van der Waals surface area contributed by atoms with Gasteiger partial charge in [0.05, 0.1) is 12.3 Å². The van der Waals surface area contributed by atoms with Crippen LogP contribution in [0.25, 0.3) is 11.2 Å². The molecule has 0 saturated heterocycles. The fourth-order valence-corrected chi connectivity index (χ4v) is 3.78. The maximum absolute atomic E-state index is 13.0. The van der Waals surface area contributed by atoms with Gasteiger partial charge in [0.1, 0.15) is 24.2 Å². The molecule has 1 unspecified atom stereocenters. The molecule has 0 spiro atoms. The second-order valence-electron chi connectivity index (χ2n) is 8.51. The highest BCUT2D eigenvalue weighted by Gasteiger charge is 2.21. The standard InChI is InChI=1S/C25H28N6O5/c1-15-7-5-6-8-20(15)36-14-19(33)13-31-21-22(29(3)25(35)30(4)23(21)34)26-24(31)28-27-16(2)17-9-11-18(32)12-10-17/h5-12,19,32-33H,13-14H2,1-4H3,(H,26,28)/b27-16-. The molecule has 0 fully saturated rings. The first-order chi connectivity index (χ1) is 17.2. The first kappa shape index (κ1) is 24.7. The molecule has 188 valence electrons. The molecule has 0 aliphatic carbocycles. The highest BCUT2D eigenvalue weighted by molar-refractivity contribution is 5.99.